The van der Waals surface area contributed by atoms with Gasteiger partial charge in [0.25, 0.3) is 11.8 Å². The van der Waals surface area contributed by atoms with Gasteiger partial charge >= 0.3 is 5.97 Å². The molecule has 48 heavy (non-hydrogen) atoms. The van der Waals surface area contributed by atoms with Crippen molar-refractivity contribution in [1.29, 1.82) is 0 Å². The van der Waals surface area contributed by atoms with E-state index in [-0.39, 0.29) is 24.7 Å². The maximum absolute atomic E-state index is 13.3. The zero-order chi connectivity index (χ0) is 33.7. The molecule has 12 heteroatoms. The number of carbonyl (C=O) groups is 5. The number of nitrogens with one attached hydrogen (secondary N) is 1. The molecule has 1 aliphatic carbocycles. The van der Waals surface area contributed by atoms with Crippen LogP contribution >= 0.6 is 0 Å². The van der Waals surface area contributed by atoms with Gasteiger partial charge in [-0.1, -0.05) is 0 Å². The number of esters is 1. The molecule has 7 rings (SSSR count). The Morgan fingerprint density at radius 2 is 1.62 bits per heavy atom. The maximum atomic E-state index is 13.3. The number of hydrogen-bond donors (Lipinski definition) is 1. The van der Waals surface area contributed by atoms with Crippen LogP contribution in [0.2, 0.25) is 0 Å². The highest BCUT2D eigenvalue weighted by Crippen LogP contribution is 2.40. The Hall–Kier alpha value is -4.32. The van der Waals surface area contributed by atoms with Crippen molar-refractivity contribution in [1.82, 2.24) is 20.1 Å². The summed E-state index contributed by atoms with van der Waals surface area (Å²) in [6.45, 7) is 11.1. The molecule has 4 atom stereocenters. The normalized spacial score (nSPS) is 26.7. The fourth-order valence-corrected chi connectivity index (χ4v) is 8.16. The third-order valence-electron chi connectivity index (χ3n) is 10.7. The SMILES string of the molecule is CC(C)(C)OC(=O)c1ccc(N2CC[C@@H]3CC(N4CCN(c5ccc6c(c5)C(=O)N(C5CCC(=O)NC5=O)C6=O)CC4)CCC3C2)nc1. The minimum Gasteiger partial charge on any atom is -0.456 e. The summed E-state index contributed by atoms with van der Waals surface area (Å²) < 4.78 is 5.48. The van der Waals surface area contributed by atoms with Crippen molar-refractivity contribution < 1.29 is 28.7 Å². The zero-order valence-electron chi connectivity index (χ0n) is 27.9. The molecular formula is C36H44N6O6. The second kappa shape index (κ2) is 12.6. The van der Waals surface area contributed by atoms with Crippen LogP contribution in [-0.4, -0.2) is 101 Å². The highest BCUT2D eigenvalue weighted by atomic mass is 16.6. The van der Waals surface area contributed by atoms with Crippen molar-refractivity contribution in [3.05, 3.63) is 53.2 Å². The van der Waals surface area contributed by atoms with Gasteiger partial charge in [-0.25, -0.2) is 9.78 Å². The average Bonchev–Trinajstić information content (AvgIpc) is 3.32. The van der Waals surface area contributed by atoms with Gasteiger partial charge in [0.2, 0.25) is 11.8 Å². The highest BCUT2D eigenvalue weighted by molar-refractivity contribution is 6.23. The molecule has 1 N–H and O–H groups in total. The van der Waals surface area contributed by atoms with Crippen LogP contribution in [0.5, 0.6) is 0 Å². The summed E-state index contributed by atoms with van der Waals surface area (Å²) in [6.07, 6.45) is 6.57. The third kappa shape index (κ3) is 6.29. The summed E-state index contributed by atoms with van der Waals surface area (Å²) in [5, 5.41) is 2.25. The number of amides is 4. The zero-order valence-corrected chi connectivity index (χ0v) is 27.9. The van der Waals surface area contributed by atoms with E-state index in [0.29, 0.717) is 34.6 Å². The van der Waals surface area contributed by atoms with Gasteiger partial charge in [-0.2, -0.15) is 0 Å². The number of hydrogen-bond acceptors (Lipinski definition) is 10. The van der Waals surface area contributed by atoms with Gasteiger partial charge in [0, 0.05) is 63.6 Å². The number of carbonyl (C=O) groups excluding carboxylic acids is 5. The summed E-state index contributed by atoms with van der Waals surface area (Å²) in [7, 11) is 0. The summed E-state index contributed by atoms with van der Waals surface area (Å²) in [5.74, 6) is -0.0411. The molecule has 2 aromatic rings. The van der Waals surface area contributed by atoms with Crippen molar-refractivity contribution in [2.45, 2.75) is 77.0 Å². The van der Waals surface area contributed by atoms with Gasteiger partial charge in [0.1, 0.15) is 17.5 Å². The van der Waals surface area contributed by atoms with Crippen LogP contribution in [-0.2, 0) is 14.3 Å². The summed E-state index contributed by atoms with van der Waals surface area (Å²) in [5.41, 5.74) is 1.47. The molecule has 4 amide bonds. The molecule has 0 spiro atoms. The summed E-state index contributed by atoms with van der Waals surface area (Å²) in [4.78, 5) is 75.7. The predicted octanol–water partition coefficient (Wildman–Crippen LogP) is 3.26. The Morgan fingerprint density at radius 3 is 2.33 bits per heavy atom. The van der Waals surface area contributed by atoms with E-state index in [0.717, 1.165) is 62.1 Å². The monoisotopic (exact) mass is 656 g/mol. The molecule has 1 saturated carbocycles. The van der Waals surface area contributed by atoms with Crippen LogP contribution in [0, 0.1) is 11.8 Å². The van der Waals surface area contributed by atoms with Crippen molar-refractivity contribution >= 4 is 41.1 Å². The first-order chi connectivity index (χ1) is 22.9. The van der Waals surface area contributed by atoms with E-state index in [1.54, 1.807) is 18.3 Å². The lowest BCUT2D eigenvalue weighted by Crippen LogP contribution is -2.54. The molecule has 3 saturated heterocycles. The molecule has 1 aromatic heterocycles. The van der Waals surface area contributed by atoms with E-state index in [1.165, 1.54) is 19.3 Å². The molecule has 3 unspecified atom stereocenters. The Morgan fingerprint density at radius 1 is 0.854 bits per heavy atom. The van der Waals surface area contributed by atoms with E-state index in [9.17, 15) is 24.0 Å². The van der Waals surface area contributed by atoms with E-state index < -0.39 is 29.4 Å². The Labute approximate surface area is 280 Å². The number of piperidine rings is 2. The lowest BCUT2D eigenvalue weighted by molar-refractivity contribution is -0.136. The van der Waals surface area contributed by atoms with E-state index in [1.807, 2.05) is 39.0 Å². The average molecular weight is 657 g/mol. The van der Waals surface area contributed by atoms with Crippen molar-refractivity contribution in [2.24, 2.45) is 11.8 Å². The van der Waals surface area contributed by atoms with Crippen molar-refractivity contribution in [3.63, 3.8) is 0 Å². The van der Waals surface area contributed by atoms with Crippen LogP contribution in [0.15, 0.2) is 36.5 Å². The van der Waals surface area contributed by atoms with E-state index in [2.05, 4.69) is 25.0 Å². The van der Waals surface area contributed by atoms with Crippen molar-refractivity contribution in [2.75, 3.05) is 49.1 Å². The number of pyridine rings is 1. The Kier molecular flexibility index (Phi) is 8.47. The number of anilines is 2. The van der Waals surface area contributed by atoms with Gasteiger partial charge < -0.3 is 14.5 Å². The van der Waals surface area contributed by atoms with Crippen molar-refractivity contribution in [3.8, 4) is 0 Å². The predicted molar refractivity (Wildman–Crippen MR) is 178 cm³/mol. The molecule has 12 nitrogen and oxygen atoms in total. The highest BCUT2D eigenvalue weighted by Gasteiger charge is 2.45. The number of imide groups is 2. The smallest absolute Gasteiger partial charge is 0.340 e. The number of aromatic nitrogens is 1. The topological polar surface area (TPSA) is 132 Å². The summed E-state index contributed by atoms with van der Waals surface area (Å²) >= 11 is 0. The van der Waals surface area contributed by atoms with Crippen LogP contribution in [0.1, 0.15) is 90.4 Å². The largest absolute Gasteiger partial charge is 0.456 e. The minimum atomic E-state index is -0.960. The molecular weight excluding hydrogens is 612 g/mol. The molecule has 0 radical (unpaired) electrons. The number of nitrogens with zero attached hydrogens (tertiary/aromatic N) is 5. The first-order valence-electron chi connectivity index (χ1n) is 17.2. The number of benzene rings is 1. The quantitative estimate of drug-likeness (QED) is 0.378. The minimum absolute atomic E-state index is 0.102. The van der Waals surface area contributed by atoms with E-state index >= 15 is 0 Å². The number of rotatable bonds is 5. The summed E-state index contributed by atoms with van der Waals surface area (Å²) in [6, 6.07) is 8.74. The standard InChI is InChI=1S/C36H44N6O6/c1-36(2,3)48-35(47)23-5-10-30(37-20-23)41-13-12-22-18-25(6-4-24(22)21-41)39-14-16-40(17-15-39)26-7-8-27-28(19-26)34(46)42(33(27)45)29-9-11-31(43)38-32(29)44/h5,7-8,10,19-20,22,24-25,29H,4,6,9,11-18,21H2,1-3H3,(H,38,43,44)/t22-,24?,25?,29?/m1/s1. The Balaban J connectivity index is 0.912. The molecule has 5 aliphatic rings. The molecule has 5 heterocycles. The fraction of sp³-hybridized carbons (Fsp3) is 0.556. The van der Waals surface area contributed by atoms with Gasteiger partial charge in [-0.3, -0.25) is 34.3 Å². The molecule has 0 bridgehead atoms. The second-order valence-corrected chi connectivity index (χ2v) is 14.8. The molecule has 4 aliphatic heterocycles. The van der Waals surface area contributed by atoms with Crippen LogP contribution in [0.25, 0.3) is 0 Å². The lowest BCUT2D eigenvalue weighted by atomic mass is 9.72. The van der Waals surface area contributed by atoms with Gasteiger partial charge in [0.15, 0.2) is 0 Å². The molecule has 4 fully saturated rings. The maximum Gasteiger partial charge on any atom is 0.340 e. The number of fused-ring (bicyclic) bond motifs is 2. The van der Waals surface area contributed by atoms with Gasteiger partial charge in [-0.05, 0) is 95.0 Å². The van der Waals surface area contributed by atoms with Gasteiger partial charge in [0.05, 0.1) is 16.7 Å². The first kappa shape index (κ1) is 32.2. The van der Waals surface area contributed by atoms with Crippen LogP contribution < -0.4 is 15.1 Å². The fourth-order valence-electron chi connectivity index (χ4n) is 8.16. The second-order valence-electron chi connectivity index (χ2n) is 14.8. The van der Waals surface area contributed by atoms with Gasteiger partial charge in [-0.15, -0.1) is 0 Å². The first-order valence-corrected chi connectivity index (χ1v) is 17.2. The Bertz CT molecular complexity index is 1630. The third-order valence-corrected chi connectivity index (χ3v) is 10.7. The number of ether oxygens (including phenoxy) is 1. The van der Waals surface area contributed by atoms with Crippen LogP contribution in [0.3, 0.4) is 0 Å². The molecule has 254 valence electrons. The lowest BCUT2D eigenvalue weighted by Gasteiger charge is -2.48. The van der Waals surface area contributed by atoms with E-state index in [4.69, 9.17) is 4.74 Å². The number of piperazine rings is 1. The van der Waals surface area contributed by atoms with Crippen LogP contribution in [0.4, 0.5) is 11.5 Å². The molecule has 1 aromatic carbocycles.